The van der Waals surface area contributed by atoms with E-state index in [1.165, 1.54) is 0 Å². The van der Waals surface area contributed by atoms with E-state index < -0.39 is 0 Å². The molecule has 1 aliphatic carbocycles. The molecule has 2 unspecified atom stereocenters. The van der Waals surface area contributed by atoms with Gasteiger partial charge >= 0.3 is 0 Å². The monoisotopic (exact) mass is 442 g/mol. The molecule has 0 amide bonds. The normalized spacial score (nSPS) is 22.2. The molecule has 5 nitrogen and oxygen atoms in total. The maximum Gasteiger partial charge on any atom is 0.140 e. The number of rotatable bonds is 4. The number of nitrogens with zero attached hydrogens (tertiary/aromatic N) is 4. The van der Waals surface area contributed by atoms with E-state index in [1.54, 1.807) is 12.5 Å². The Morgan fingerprint density at radius 1 is 1.03 bits per heavy atom. The first-order valence-corrected chi connectivity index (χ1v) is 11.0. The van der Waals surface area contributed by atoms with Crippen molar-refractivity contribution in [2.75, 3.05) is 33.2 Å². The quantitative estimate of drug-likeness (QED) is 0.596. The molecule has 2 aliphatic rings. The summed E-state index contributed by atoms with van der Waals surface area (Å²) in [6.45, 7) is 4.18. The average molecular weight is 443 g/mol. The number of benzene rings is 2. The number of ether oxygens (including phenoxy) is 1. The van der Waals surface area contributed by atoms with E-state index in [2.05, 4.69) is 21.8 Å². The summed E-state index contributed by atoms with van der Waals surface area (Å²) in [5.41, 5.74) is 3.31. The van der Waals surface area contributed by atoms with Gasteiger partial charge in [0.05, 0.1) is 12.4 Å². The molecule has 0 N–H and O–H groups in total. The average Bonchev–Trinajstić information content (AvgIpc) is 3.39. The molecule has 1 aromatic heterocycles. The number of aromatic nitrogens is 2. The Morgan fingerprint density at radius 3 is 2.50 bits per heavy atom. The minimum Gasteiger partial charge on any atom is -0.484 e. The summed E-state index contributed by atoms with van der Waals surface area (Å²) in [4.78, 5) is 9.02. The Bertz CT molecular complexity index is 1010. The number of halogens is 2. The molecule has 1 saturated heterocycles. The number of hydrogen-bond donors (Lipinski definition) is 0. The zero-order valence-electron chi connectivity index (χ0n) is 16.8. The van der Waals surface area contributed by atoms with Crippen LogP contribution < -0.4 is 4.74 Å². The van der Waals surface area contributed by atoms with E-state index in [0.717, 1.165) is 60.2 Å². The maximum atomic E-state index is 6.58. The molecular formula is C23H24Cl2N4O. The molecular weight excluding hydrogens is 419 g/mol. The Balaban J connectivity index is 1.44. The van der Waals surface area contributed by atoms with Gasteiger partial charge < -0.3 is 14.2 Å². The second kappa shape index (κ2) is 8.23. The SMILES string of the molecule is CN1CCN(C2Cc3c(Cl)cc(Cl)cc3C2Oc2ccc(-n3ccnc3)cc2)CC1. The highest BCUT2D eigenvalue weighted by atomic mass is 35.5. The zero-order valence-corrected chi connectivity index (χ0v) is 18.4. The minimum atomic E-state index is -0.0984. The highest BCUT2D eigenvalue weighted by Gasteiger charge is 2.40. The molecule has 0 spiro atoms. The van der Waals surface area contributed by atoms with E-state index in [4.69, 9.17) is 27.9 Å². The van der Waals surface area contributed by atoms with Crippen molar-refractivity contribution in [3.63, 3.8) is 0 Å². The third-order valence-electron chi connectivity index (χ3n) is 6.17. The summed E-state index contributed by atoms with van der Waals surface area (Å²) in [6.07, 6.45) is 6.27. The molecule has 2 atom stereocenters. The van der Waals surface area contributed by atoms with Crippen LogP contribution in [-0.4, -0.2) is 58.6 Å². The zero-order chi connectivity index (χ0) is 20.7. The second-order valence-electron chi connectivity index (χ2n) is 8.07. The van der Waals surface area contributed by atoms with Crippen molar-refractivity contribution in [3.05, 3.63) is 76.3 Å². The van der Waals surface area contributed by atoms with E-state index in [9.17, 15) is 0 Å². The first-order valence-electron chi connectivity index (χ1n) is 10.2. The van der Waals surface area contributed by atoms with Crippen molar-refractivity contribution >= 4 is 23.2 Å². The van der Waals surface area contributed by atoms with Crippen LogP contribution in [0.3, 0.4) is 0 Å². The number of likely N-dealkylation sites (N-methyl/N-ethyl adjacent to an activating group) is 1. The highest BCUT2D eigenvalue weighted by molar-refractivity contribution is 6.35. The third-order valence-corrected chi connectivity index (χ3v) is 6.73. The highest BCUT2D eigenvalue weighted by Crippen LogP contribution is 2.42. The lowest BCUT2D eigenvalue weighted by Crippen LogP contribution is -2.50. The van der Waals surface area contributed by atoms with Gasteiger partial charge in [0.1, 0.15) is 11.9 Å². The fourth-order valence-electron chi connectivity index (χ4n) is 4.49. The molecule has 3 aromatic rings. The lowest BCUT2D eigenvalue weighted by molar-refractivity contribution is 0.0454. The molecule has 1 fully saturated rings. The van der Waals surface area contributed by atoms with Crippen LogP contribution in [0.15, 0.2) is 55.1 Å². The van der Waals surface area contributed by atoms with Crippen LogP contribution in [0.1, 0.15) is 17.2 Å². The Hall–Kier alpha value is -2.05. The fraction of sp³-hybridized carbons (Fsp3) is 0.348. The molecule has 156 valence electrons. The summed E-state index contributed by atoms with van der Waals surface area (Å²) in [5, 5.41) is 1.39. The number of piperazine rings is 1. The van der Waals surface area contributed by atoms with Gasteiger partial charge in [-0.1, -0.05) is 23.2 Å². The first-order chi connectivity index (χ1) is 14.6. The maximum absolute atomic E-state index is 6.58. The summed E-state index contributed by atoms with van der Waals surface area (Å²) in [6, 6.07) is 12.2. The number of imidazole rings is 1. The van der Waals surface area contributed by atoms with Crippen LogP contribution >= 0.6 is 23.2 Å². The molecule has 2 aromatic carbocycles. The molecule has 0 saturated carbocycles. The standard InChI is InChI=1S/C23H24Cl2N4O/c1-27-8-10-28(11-9-27)22-14-19-20(12-16(24)13-21(19)25)23(22)30-18-4-2-17(3-5-18)29-7-6-26-15-29/h2-7,12-13,15,22-23H,8-11,14H2,1H3. The Morgan fingerprint density at radius 2 is 1.80 bits per heavy atom. The molecule has 1 aliphatic heterocycles. The molecule has 0 bridgehead atoms. The van der Waals surface area contributed by atoms with Crippen molar-refractivity contribution in [3.8, 4) is 11.4 Å². The van der Waals surface area contributed by atoms with Gasteiger partial charge in [-0.25, -0.2) is 4.98 Å². The van der Waals surface area contributed by atoms with Crippen LogP contribution in [0, 0.1) is 0 Å². The molecule has 30 heavy (non-hydrogen) atoms. The molecule has 5 rings (SSSR count). The topological polar surface area (TPSA) is 33.5 Å². The van der Waals surface area contributed by atoms with Crippen LogP contribution in [0.5, 0.6) is 5.75 Å². The summed E-state index contributed by atoms with van der Waals surface area (Å²) in [5.74, 6) is 0.840. The van der Waals surface area contributed by atoms with Crippen molar-refractivity contribution in [1.82, 2.24) is 19.4 Å². The summed E-state index contributed by atoms with van der Waals surface area (Å²) < 4.78 is 8.55. The lowest BCUT2D eigenvalue weighted by atomic mass is 10.1. The molecule has 0 radical (unpaired) electrons. The van der Waals surface area contributed by atoms with Crippen LogP contribution in [-0.2, 0) is 6.42 Å². The molecule has 2 heterocycles. The predicted molar refractivity (Wildman–Crippen MR) is 120 cm³/mol. The van der Waals surface area contributed by atoms with Gasteiger partial charge in [-0.15, -0.1) is 0 Å². The van der Waals surface area contributed by atoms with Gasteiger partial charge in [0.25, 0.3) is 0 Å². The largest absolute Gasteiger partial charge is 0.484 e. The van der Waals surface area contributed by atoms with Gasteiger partial charge in [0.15, 0.2) is 0 Å². The molecule has 7 heteroatoms. The van der Waals surface area contributed by atoms with Crippen molar-refractivity contribution < 1.29 is 4.74 Å². The second-order valence-corrected chi connectivity index (χ2v) is 8.91. The van der Waals surface area contributed by atoms with Gasteiger partial charge in [-0.05, 0) is 55.4 Å². The van der Waals surface area contributed by atoms with Gasteiger partial charge in [0, 0.05) is 59.9 Å². The first kappa shape index (κ1) is 19.9. The van der Waals surface area contributed by atoms with Crippen molar-refractivity contribution in [2.45, 2.75) is 18.6 Å². The minimum absolute atomic E-state index is 0.0984. The van der Waals surface area contributed by atoms with E-state index in [0.29, 0.717) is 5.02 Å². The van der Waals surface area contributed by atoms with Gasteiger partial charge in [0.2, 0.25) is 0 Å². The third kappa shape index (κ3) is 3.83. The van der Waals surface area contributed by atoms with Crippen molar-refractivity contribution in [1.29, 1.82) is 0 Å². The fourth-order valence-corrected chi connectivity index (χ4v) is 5.07. The summed E-state index contributed by atoms with van der Waals surface area (Å²) in [7, 11) is 2.17. The van der Waals surface area contributed by atoms with E-state index >= 15 is 0 Å². The summed E-state index contributed by atoms with van der Waals surface area (Å²) >= 11 is 12.9. The predicted octanol–water partition coefficient (Wildman–Crippen LogP) is 4.47. The van der Waals surface area contributed by atoms with Crippen molar-refractivity contribution in [2.24, 2.45) is 0 Å². The number of hydrogen-bond acceptors (Lipinski definition) is 4. The van der Waals surface area contributed by atoms with Crippen LogP contribution in [0.2, 0.25) is 10.0 Å². The van der Waals surface area contributed by atoms with Crippen LogP contribution in [0.25, 0.3) is 5.69 Å². The van der Waals surface area contributed by atoms with Crippen LogP contribution in [0.4, 0.5) is 0 Å². The van der Waals surface area contributed by atoms with E-state index in [-0.39, 0.29) is 12.1 Å². The smallest absolute Gasteiger partial charge is 0.140 e. The Labute approximate surface area is 186 Å². The van der Waals surface area contributed by atoms with Gasteiger partial charge in [-0.3, -0.25) is 4.90 Å². The lowest BCUT2D eigenvalue weighted by Gasteiger charge is -2.38. The number of fused-ring (bicyclic) bond motifs is 1. The Kier molecular flexibility index (Phi) is 5.46. The van der Waals surface area contributed by atoms with E-state index in [1.807, 2.05) is 47.2 Å². The van der Waals surface area contributed by atoms with Gasteiger partial charge in [-0.2, -0.15) is 0 Å².